The molecular weight excluding hydrogens is 318 g/mol. The highest BCUT2D eigenvalue weighted by Gasteiger charge is 2.21. The van der Waals surface area contributed by atoms with E-state index in [1.165, 1.54) is 16.2 Å². The molecule has 0 spiro atoms. The second-order valence-corrected chi connectivity index (χ2v) is 5.75. The van der Waals surface area contributed by atoms with E-state index in [9.17, 15) is 0 Å². The van der Waals surface area contributed by atoms with Gasteiger partial charge in [0, 0.05) is 28.1 Å². The molecule has 0 amide bonds. The lowest BCUT2D eigenvalue weighted by atomic mass is 10.1. The second-order valence-electron chi connectivity index (χ2n) is 5.75. The maximum absolute atomic E-state index is 6.55. The summed E-state index contributed by atoms with van der Waals surface area (Å²) in [7, 11) is 0. The van der Waals surface area contributed by atoms with Gasteiger partial charge in [0.2, 0.25) is 11.7 Å². The molecule has 3 aromatic carbocycles. The van der Waals surface area contributed by atoms with Gasteiger partial charge < -0.3 is 18.1 Å². The Hall–Kier alpha value is -2.62. The zero-order valence-electron chi connectivity index (χ0n) is 13.1. The van der Waals surface area contributed by atoms with Crippen molar-refractivity contribution in [2.45, 2.75) is 6.17 Å². The first kappa shape index (κ1) is 16.2. The number of pyridine rings is 1. The Morgan fingerprint density at radius 2 is 1.38 bits per heavy atom. The summed E-state index contributed by atoms with van der Waals surface area (Å²) >= 11 is 0. The summed E-state index contributed by atoms with van der Waals surface area (Å²) in [5.41, 5.74) is 15.2. The van der Waals surface area contributed by atoms with Crippen molar-refractivity contribution in [2.75, 3.05) is 5.73 Å². The van der Waals surface area contributed by atoms with E-state index in [0.29, 0.717) is 0 Å². The lowest BCUT2D eigenvalue weighted by molar-refractivity contribution is -0.687. The van der Waals surface area contributed by atoms with Crippen LogP contribution >= 0.6 is 0 Å². The van der Waals surface area contributed by atoms with Gasteiger partial charge in [0.25, 0.3) is 0 Å². The Kier molecular flexibility index (Phi) is 4.38. The Balaban J connectivity index is 0.00000169. The monoisotopic (exact) mass is 335 g/mol. The maximum Gasteiger partial charge on any atom is 0.236 e. The molecule has 1 aromatic heterocycles. The molecule has 0 fully saturated rings. The van der Waals surface area contributed by atoms with Crippen LogP contribution in [-0.4, -0.2) is 0 Å². The number of benzene rings is 3. The first-order valence-electron chi connectivity index (χ1n) is 7.67. The number of halogens is 1. The molecular formula is C20H18ClN3. The molecule has 0 aliphatic carbocycles. The van der Waals surface area contributed by atoms with Crippen LogP contribution < -0.4 is 28.4 Å². The Bertz CT molecular complexity index is 996. The predicted molar refractivity (Wildman–Crippen MR) is 94.8 cm³/mol. The highest BCUT2D eigenvalue weighted by molar-refractivity contribution is 6.03. The summed E-state index contributed by atoms with van der Waals surface area (Å²) in [4.78, 5) is 0. The summed E-state index contributed by atoms with van der Waals surface area (Å²) in [5, 5.41) is 3.62. The lowest BCUT2D eigenvalue weighted by Crippen LogP contribution is -3.00. The van der Waals surface area contributed by atoms with Gasteiger partial charge in [0.05, 0.1) is 5.39 Å². The lowest BCUT2D eigenvalue weighted by Gasteiger charge is -2.12. The quantitative estimate of drug-likeness (QED) is 0.316. The first-order valence-corrected chi connectivity index (χ1v) is 7.67. The van der Waals surface area contributed by atoms with Gasteiger partial charge in [-0.3, -0.25) is 5.73 Å². The fraction of sp³-hybridized carbons (Fsp3) is 0.0500. The van der Waals surface area contributed by atoms with Crippen LogP contribution in [0.1, 0.15) is 11.7 Å². The smallest absolute Gasteiger partial charge is 0.236 e. The van der Waals surface area contributed by atoms with Crippen molar-refractivity contribution in [3.63, 3.8) is 0 Å². The van der Waals surface area contributed by atoms with Gasteiger partial charge in [0.1, 0.15) is 0 Å². The Morgan fingerprint density at radius 3 is 2.12 bits per heavy atom. The normalized spacial score (nSPS) is 12.0. The van der Waals surface area contributed by atoms with E-state index in [4.69, 9.17) is 11.5 Å². The summed E-state index contributed by atoms with van der Waals surface area (Å²) in [6.07, 6.45) is 1.86. The zero-order chi connectivity index (χ0) is 15.8. The number of para-hydroxylation sites is 1. The van der Waals surface area contributed by atoms with E-state index in [2.05, 4.69) is 53.2 Å². The van der Waals surface area contributed by atoms with Crippen molar-refractivity contribution < 1.29 is 17.0 Å². The van der Waals surface area contributed by atoms with Gasteiger partial charge in [-0.1, -0.05) is 30.3 Å². The van der Waals surface area contributed by atoms with Gasteiger partial charge in [0.15, 0.2) is 6.20 Å². The predicted octanol–water partition coefficient (Wildman–Crippen LogP) is 0.372. The molecule has 3 nitrogen and oxygen atoms in total. The summed E-state index contributed by atoms with van der Waals surface area (Å²) in [6.45, 7) is 0. The van der Waals surface area contributed by atoms with Gasteiger partial charge in [-0.2, -0.15) is 4.57 Å². The van der Waals surface area contributed by atoms with Crippen LogP contribution in [0.25, 0.3) is 21.7 Å². The van der Waals surface area contributed by atoms with E-state index in [1.54, 1.807) is 0 Å². The molecule has 24 heavy (non-hydrogen) atoms. The number of hydrogen-bond donors (Lipinski definition) is 2. The van der Waals surface area contributed by atoms with Crippen LogP contribution in [0, 0.1) is 0 Å². The molecule has 120 valence electrons. The number of anilines is 1. The Labute approximate surface area is 146 Å². The third-order valence-electron chi connectivity index (χ3n) is 4.29. The fourth-order valence-corrected chi connectivity index (χ4v) is 3.08. The number of rotatable bonds is 2. The second kappa shape index (κ2) is 6.48. The van der Waals surface area contributed by atoms with Crippen molar-refractivity contribution >= 4 is 27.4 Å². The highest BCUT2D eigenvalue weighted by Crippen LogP contribution is 2.23. The third kappa shape index (κ3) is 2.68. The molecule has 4 rings (SSSR count). The van der Waals surface area contributed by atoms with Crippen LogP contribution in [0.15, 0.2) is 79.0 Å². The molecule has 0 aliphatic rings. The average Bonchev–Trinajstić information content (AvgIpc) is 2.61. The average molecular weight is 336 g/mol. The summed E-state index contributed by atoms with van der Waals surface area (Å²) in [6, 6.07) is 24.5. The molecule has 4 heteroatoms. The fourth-order valence-electron chi connectivity index (χ4n) is 3.08. The minimum atomic E-state index is -0.259. The molecule has 1 unspecified atom stereocenters. The van der Waals surface area contributed by atoms with Crippen molar-refractivity contribution in [1.82, 2.24) is 0 Å². The van der Waals surface area contributed by atoms with E-state index in [1.807, 2.05) is 30.3 Å². The molecule has 0 saturated carbocycles. The van der Waals surface area contributed by atoms with Crippen LogP contribution in [0.3, 0.4) is 0 Å². The number of nitrogens with two attached hydrogens (primary N) is 2. The van der Waals surface area contributed by atoms with Gasteiger partial charge in [-0.05, 0) is 36.4 Å². The SMILES string of the molecule is Nc1ccc(C(N)[n+]2cc3ccccc3c3ccccc32)cc1.[Cl-]. The third-order valence-corrected chi connectivity index (χ3v) is 4.29. The standard InChI is InChI=1S/C20H18N3.ClH/c21-16-11-9-14(10-12-16)20(22)23-13-15-5-1-2-6-17(15)18-7-3-4-8-19(18)23;/h1-13,20H,21-22H2;1H/q+1;/p-1. The van der Waals surface area contributed by atoms with E-state index < -0.39 is 0 Å². The molecule has 0 radical (unpaired) electrons. The molecule has 4 N–H and O–H groups in total. The van der Waals surface area contributed by atoms with E-state index in [-0.39, 0.29) is 18.6 Å². The van der Waals surface area contributed by atoms with Gasteiger partial charge >= 0.3 is 0 Å². The first-order chi connectivity index (χ1) is 11.2. The topological polar surface area (TPSA) is 55.9 Å². The molecule has 0 bridgehead atoms. The molecule has 1 atom stereocenters. The van der Waals surface area contributed by atoms with E-state index in [0.717, 1.165) is 16.8 Å². The van der Waals surface area contributed by atoms with Crippen LogP contribution in [0.5, 0.6) is 0 Å². The van der Waals surface area contributed by atoms with Crippen LogP contribution in [0.4, 0.5) is 5.69 Å². The van der Waals surface area contributed by atoms with Gasteiger partial charge in [-0.25, -0.2) is 0 Å². The number of aromatic nitrogens is 1. The van der Waals surface area contributed by atoms with Crippen molar-refractivity contribution in [3.8, 4) is 0 Å². The van der Waals surface area contributed by atoms with Crippen molar-refractivity contribution in [1.29, 1.82) is 0 Å². The Morgan fingerprint density at radius 1 is 0.750 bits per heavy atom. The molecule has 1 heterocycles. The number of nitrogens with zero attached hydrogens (tertiary/aromatic N) is 1. The number of hydrogen-bond acceptors (Lipinski definition) is 2. The zero-order valence-corrected chi connectivity index (χ0v) is 13.8. The highest BCUT2D eigenvalue weighted by atomic mass is 35.5. The van der Waals surface area contributed by atoms with Gasteiger partial charge in [-0.15, -0.1) is 0 Å². The minimum Gasteiger partial charge on any atom is -1.00 e. The molecule has 0 aliphatic heterocycles. The van der Waals surface area contributed by atoms with E-state index >= 15 is 0 Å². The van der Waals surface area contributed by atoms with Crippen LogP contribution in [0.2, 0.25) is 0 Å². The van der Waals surface area contributed by atoms with Crippen molar-refractivity contribution in [3.05, 3.63) is 84.6 Å². The molecule has 0 saturated heterocycles. The molecule has 4 aromatic rings. The van der Waals surface area contributed by atoms with Crippen molar-refractivity contribution in [2.24, 2.45) is 5.73 Å². The largest absolute Gasteiger partial charge is 1.00 e. The minimum absolute atomic E-state index is 0. The number of nitrogen functional groups attached to an aromatic ring is 1. The number of fused-ring (bicyclic) bond motifs is 3. The maximum atomic E-state index is 6.55. The van der Waals surface area contributed by atoms with Crippen LogP contribution in [-0.2, 0) is 0 Å². The summed E-state index contributed by atoms with van der Waals surface area (Å²) < 4.78 is 2.13. The summed E-state index contributed by atoms with van der Waals surface area (Å²) in [5.74, 6) is 0.